The Morgan fingerprint density at radius 3 is 2.50 bits per heavy atom. The summed E-state index contributed by atoms with van der Waals surface area (Å²) >= 11 is 0. The maximum atomic E-state index is 12.6. The van der Waals surface area contributed by atoms with Gasteiger partial charge < -0.3 is 15.0 Å². The second kappa shape index (κ2) is 7.53. The van der Waals surface area contributed by atoms with Crippen LogP contribution in [0.4, 0.5) is 17.1 Å². The Balaban J connectivity index is 1.91. The molecular weight excluding hydrogens is 334 g/mol. The Morgan fingerprint density at radius 2 is 1.85 bits per heavy atom. The predicted octanol–water partition coefficient (Wildman–Crippen LogP) is 3.30. The normalized spacial score (nSPS) is 14.2. The van der Waals surface area contributed by atoms with Crippen molar-refractivity contribution in [3.05, 3.63) is 63.2 Å². The first-order valence-electron chi connectivity index (χ1n) is 8.45. The number of carbonyl (C=O) groups excluding carboxylic acids is 1. The molecule has 0 spiro atoms. The van der Waals surface area contributed by atoms with Gasteiger partial charge in [-0.25, -0.2) is 0 Å². The minimum atomic E-state index is -0.432. The quantitative estimate of drug-likeness (QED) is 0.672. The van der Waals surface area contributed by atoms with Gasteiger partial charge >= 0.3 is 0 Å². The van der Waals surface area contributed by atoms with Crippen LogP contribution in [0.25, 0.3) is 0 Å². The van der Waals surface area contributed by atoms with Crippen LogP contribution in [0.1, 0.15) is 21.5 Å². The van der Waals surface area contributed by atoms with E-state index in [1.54, 1.807) is 12.1 Å². The van der Waals surface area contributed by atoms with Crippen LogP contribution in [0, 0.1) is 24.0 Å². The average molecular weight is 355 g/mol. The van der Waals surface area contributed by atoms with Gasteiger partial charge in [0.05, 0.1) is 29.5 Å². The molecule has 0 atom stereocenters. The molecule has 0 bridgehead atoms. The Bertz CT molecular complexity index is 845. The molecule has 0 aromatic heterocycles. The summed E-state index contributed by atoms with van der Waals surface area (Å²) in [4.78, 5) is 25.3. The lowest BCUT2D eigenvalue weighted by Crippen LogP contribution is -2.36. The molecule has 1 amide bonds. The van der Waals surface area contributed by atoms with E-state index < -0.39 is 4.92 Å². The molecule has 0 radical (unpaired) electrons. The van der Waals surface area contributed by atoms with Crippen LogP contribution in [0.5, 0.6) is 0 Å². The van der Waals surface area contributed by atoms with Gasteiger partial charge in [-0.05, 0) is 43.2 Å². The number of ether oxygens (including phenoxy) is 1. The van der Waals surface area contributed by atoms with Gasteiger partial charge in [0.15, 0.2) is 0 Å². The molecule has 1 heterocycles. The number of benzene rings is 2. The van der Waals surface area contributed by atoms with Crippen molar-refractivity contribution in [2.75, 3.05) is 36.5 Å². The topological polar surface area (TPSA) is 84.7 Å². The number of nitrogens with zero attached hydrogens (tertiary/aromatic N) is 2. The third-order valence-electron chi connectivity index (χ3n) is 4.56. The highest BCUT2D eigenvalue weighted by molar-refractivity contribution is 6.06. The van der Waals surface area contributed by atoms with E-state index in [0.717, 1.165) is 11.1 Å². The summed E-state index contributed by atoms with van der Waals surface area (Å²) < 4.78 is 5.35. The van der Waals surface area contributed by atoms with Crippen LogP contribution in [-0.2, 0) is 4.74 Å². The van der Waals surface area contributed by atoms with Crippen molar-refractivity contribution in [3.63, 3.8) is 0 Å². The van der Waals surface area contributed by atoms with E-state index in [4.69, 9.17) is 4.74 Å². The predicted molar refractivity (Wildman–Crippen MR) is 100.0 cm³/mol. The highest BCUT2D eigenvalue weighted by atomic mass is 16.6. The van der Waals surface area contributed by atoms with Crippen molar-refractivity contribution in [1.29, 1.82) is 0 Å². The van der Waals surface area contributed by atoms with Crippen LogP contribution in [0.3, 0.4) is 0 Å². The zero-order valence-electron chi connectivity index (χ0n) is 14.8. The zero-order chi connectivity index (χ0) is 18.7. The molecule has 1 N–H and O–H groups in total. The van der Waals surface area contributed by atoms with E-state index in [1.807, 2.05) is 30.9 Å². The molecule has 1 aliphatic heterocycles. The lowest BCUT2D eigenvalue weighted by molar-refractivity contribution is -0.384. The van der Waals surface area contributed by atoms with E-state index in [2.05, 4.69) is 5.32 Å². The summed E-state index contributed by atoms with van der Waals surface area (Å²) in [6, 6.07) is 10.0. The van der Waals surface area contributed by atoms with Gasteiger partial charge in [0.1, 0.15) is 0 Å². The second-order valence-corrected chi connectivity index (χ2v) is 6.31. The number of non-ortho nitro benzene ring substituents is 1. The molecule has 26 heavy (non-hydrogen) atoms. The van der Waals surface area contributed by atoms with E-state index in [9.17, 15) is 14.9 Å². The number of hydrogen-bond acceptors (Lipinski definition) is 5. The second-order valence-electron chi connectivity index (χ2n) is 6.31. The number of hydrogen-bond donors (Lipinski definition) is 1. The number of rotatable bonds is 4. The lowest BCUT2D eigenvalue weighted by atomic mass is 10.1. The number of carbonyl (C=O) groups is 1. The Kier molecular flexibility index (Phi) is 5.18. The fraction of sp³-hybridized carbons (Fsp3) is 0.316. The number of nitro groups is 1. The molecule has 1 saturated heterocycles. The summed E-state index contributed by atoms with van der Waals surface area (Å²) in [6.07, 6.45) is 0. The molecule has 1 fully saturated rings. The first-order valence-corrected chi connectivity index (χ1v) is 8.45. The average Bonchev–Trinajstić information content (AvgIpc) is 2.64. The number of nitro benzene ring substituents is 1. The third-order valence-corrected chi connectivity index (χ3v) is 4.56. The van der Waals surface area contributed by atoms with Gasteiger partial charge in [-0.1, -0.05) is 6.07 Å². The van der Waals surface area contributed by atoms with E-state index in [1.165, 1.54) is 12.1 Å². The highest BCUT2D eigenvalue weighted by Crippen LogP contribution is 2.31. The van der Waals surface area contributed by atoms with Crippen LogP contribution < -0.4 is 10.2 Å². The smallest absolute Gasteiger partial charge is 0.271 e. The van der Waals surface area contributed by atoms with Gasteiger partial charge in [0, 0.05) is 30.8 Å². The number of nitrogens with one attached hydrogen (secondary N) is 1. The van der Waals surface area contributed by atoms with Crippen LogP contribution >= 0.6 is 0 Å². The van der Waals surface area contributed by atoms with E-state index >= 15 is 0 Å². The van der Waals surface area contributed by atoms with Gasteiger partial charge in [-0.3, -0.25) is 14.9 Å². The molecule has 7 heteroatoms. The van der Waals surface area contributed by atoms with Crippen molar-refractivity contribution < 1.29 is 14.5 Å². The number of amides is 1. The van der Waals surface area contributed by atoms with Crippen molar-refractivity contribution in [3.8, 4) is 0 Å². The summed E-state index contributed by atoms with van der Waals surface area (Å²) in [7, 11) is 0. The van der Waals surface area contributed by atoms with Gasteiger partial charge in [-0.15, -0.1) is 0 Å². The number of anilines is 2. The Labute approximate surface area is 151 Å². The van der Waals surface area contributed by atoms with Crippen molar-refractivity contribution >= 4 is 23.0 Å². The monoisotopic (exact) mass is 355 g/mol. The Morgan fingerprint density at radius 1 is 1.12 bits per heavy atom. The van der Waals surface area contributed by atoms with Crippen LogP contribution in [0.2, 0.25) is 0 Å². The number of morpholine rings is 1. The van der Waals surface area contributed by atoms with Crippen molar-refractivity contribution in [2.24, 2.45) is 0 Å². The summed E-state index contributed by atoms with van der Waals surface area (Å²) in [5.74, 6) is -0.239. The fourth-order valence-electron chi connectivity index (χ4n) is 2.88. The van der Waals surface area contributed by atoms with Crippen LogP contribution in [0.15, 0.2) is 36.4 Å². The first-order chi connectivity index (χ1) is 12.5. The molecule has 0 unspecified atom stereocenters. The molecule has 1 aliphatic rings. The van der Waals surface area contributed by atoms with Crippen LogP contribution in [-0.4, -0.2) is 37.1 Å². The minimum Gasteiger partial charge on any atom is -0.378 e. The Hall–Kier alpha value is -2.93. The summed E-state index contributed by atoms with van der Waals surface area (Å²) in [5.41, 5.74) is 3.90. The highest BCUT2D eigenvalue weighted by Gasteiger charge is 2.20. The molecule has 7 nitrogen and oxygen atoms in total. The lowest BCUT2D eigenvalue weighted by Gasteiger charge is -2.30. The minimum absolute atomic E-state index is 0.00401. The molecule has 0 saturated carbocycles. The molecular formula is C19H21N3O4. The first kappa shape index (κ1) is 17.9. The maximum absolute atomic E-state index is 12.6. The van der Waals surface area contributed by atoms with E-state index in [0.29, 0.717) is 43.2 Å². The van der Waals surface area contributed by atoms with E-state index in [-0.39, 0.29) is 11.6 Å². The SMILES string of the molecule is Cc1ccc(C(=O)Nc2ccc([N+](=O)[O-])cc2N2CCOCC2)cc1C. The molecule has 0 aliphatic carbocycles. The maximum Gasteiger partial charge on any atom is 0.271 e. The van der Waals surface area contributed by atoms with Gasteiger partial charge in [0.2, 0.25) is 0 Å². The molecule has 2 aromatic carbocycles. The van der Waals surface area contributed by atoms with Crippen molar-refractivity contribution in [2.45, 2.75) is 13.8 Å². The third kappa shape index (κ3) is 3.83. The standard InChI is InChI=1S/C19H21N3O4/c1-13-3-4-15(11-14(13)2)19(23)20-17-6-5-16(22(24)25)12-18(17)21-7-9-26-10-8-21/h3-6,11-12H,7-10H2,1-2H3,(H,20,23). The zero-order valence-corrected chi connectivity index (χ0v) is 14.8. The largest absolute Gasteiger partial charge is 0.378 e. The summed E-state index contributed by atoms with van der Waals surface area (Å²) in [5, 5.41) is 14.0. The number of aryl methyl sites for hydroxylation is 2. The fourth-order valence-corrected chi connectivity index (χ4v) is 2.88. The molecule has 2 aromatic rings. The van der Waals surface area contributed by atoms with Gasteiger partial charge in [-0.2, -0.15) is 0 Å². The summed E-state index contributed by atoms with van der Waals surface area (Å²) in [6.45, 7) is 6.28. The molecule has 136 valence electrons. The van der Waals surface area contributed by atoms with Gasteiger partial charge in [0.25, 0.3) is 11.6 Å². The molecule has 3 rings (SSSR count). The van der Waals surface area contributed by atoms with Crippen molar-refractivity contribution in [1.82, 2.24) is 0 Å².